The van der Waals surface area contributed by atoms with Crippen molar-refractivity contribution in [3.05, 3.63) is 145 Å². The van der Waals surface area contributed by atoms with E-state index in [-0.39, 0.29) is 17.1 Å². The first-order valence-corrected chi connectivity index (χ1v) is 22.0. The van der Waals surface area contributed by atoms with Gasteiger partial charge in [-0.2, -0.15) is 0 Å². The Bertz CT molecular complexity index is 1700. The van der Waals surface area contributed by atoms with Crippen LogP contribution in [0.5, 0.6) is 0 Å². The van der Waals surface area contributed by atoms with E-state index in [9.17, 15) is 0 Å². The van der Waals surface area contributed by atoms with E-state index in [1.54, 1.807) is 0 Å². The summed E-state index contributed by atoms with van der Waals surface area (Å²) in [6.45, 7) is 0. The zero-order valence-corrected chi connectivity index (χ0v) is 32.6. The number of hydrogen-bond donors (Lipinski definition) is 0. The fraction of sp³-hybridized carbons (Fsp3) is 0.111. The van der Waals surface area contributed by atoms with Gasteiger partial charge in [0.05, 0.1) is 25.4 Å². The first-order chi connectivity index (χ1) is 21.6. The normalized spacial score (nSPS) is 19.0. The smallest absolute Gasteiger partial charge is 0.121 e. The molecule has 10 radical (unpaired) electrons. The number of fused-ring (bicyclic) bond motifs is 2. The molecule has 3 aromatic rings. The van der Waals surface area contributed by atoms with Gasteiger partial charge in [-0.1, -0.05) is 95.6 Å². The quantitative estimate of drug-likeness (QED) is 0.177. The molecule has 0 spiro atoms. The minimum atomic E-state index is 0. The Morgan fingerprint density at radius 3 is 1.36 bits per heavy atom. The summed E-state index contributed by atoms with van der Waals surface area (Å²) < 4.78 is 8.41. The summed E-state index contributed by atoms with van der Waals surface area (Å²) in [5.74, 6) is 1.24. The van der Waals surface area contributed by atoms with Crippen molar-refractivity contribution in [3.8, 4) is 0 Å². The maximum absolute atomic E-state index is 2.41. The zero-order chi connectivity index (χ0) is 30.5. The third kappa shape index (κ3) is 8.44. The fourth-order valence-electron chi connectivity index (χ4n) is 5.00. The van der Waals surface area contributed by atoms with E-state index in [0.717, 1.165) is 0 Å². The molecule has 0 atom stereocenters. The second kappa shape index (κ2) is 17.9. The monoisotopic (exact) mass is 774 g/mol. The minimum Gasteiger partial charge on any atom is -0.121 e. The molecule has 9 heteroatoms. The van der Waals surface area contributed by atoms with Crippen LogP contribution < -0.4 is 10.4 Å². The van der Waals surface area contributed by atoms with Gasteiger partial charge in [0.2, 0.25) is 0 Å². The van der Waals surface area contributed by atoms with Crippen molar-refractivity contribution in [1.82, 2.24) is 0 Å². The Hall–Kier alpha value is 0.459. The van der Waals surface area contributed by atoms with Gasteiger partial charge in [-0.15, -0.1) is 47.0 Å². The second-order valence-electron chi connectivity index (χ2n) is 9.56. The zero-order valence-electron chi connectivity index (χ0n) is 25.0. The average Bonchev–Trinajstić information content (AvgIpc) is 3.90. The molecule has 0 bridgehead atoms. The second-order valence-corrected chi connectivity index (χ2v) is 18.5. The van der Waals surface area contributed by atoms with Crippen LogP contribution in [-0.4, -0.2) is 25.0 Å². The third-order valence-corrected chi connectivity index (χ3v) is 17.4. The Labute approximate surface area is 314 Å². The van der Waals surface area contributed by atoms with E-state index in [4.69, 9.17) is 0 Å². The molecule has 0 nitrogen and oxygen atoms in total. The van der Waals surface area contributed by atoms with Gasteiger partial charge in [0.15, 0.2) is 0 Å². The number of thioether (sulfide) groups is 8. The first kappa shape index (κ1) is 36.7. The molecular formula is C36H30FeS8+2. The summed E-state index contributed by atoms with van der Waals surface area (Å²) in [6.07, 6.45) is 31.7. The van der Waals surface area contributed by atoms with Crippen LogP contribution in [0, 0.1) is 63.7 Å². The average molecular weight is 775 g/mol. The maximum Gasteiger partial charge on any atom is 2.00 e. The summed E-state index contributed by atoms with van der Waals surface area (Å²) in [6, 6.07) is 16.1. The van der Waals surface area contributed by atoms with Gasteiger partial charge in [0.25, 0.3) is 0 Å². The minimum absolute atomic E-state index is 0. The van der Waals surface area contributed by atoms with Gasteiger partial charge in [0, 0.05) is 16.4 Å². The topological polar surface area (TPSA) is 0 Å². The predicted octanol–water partition coefficient (Wildman–Crippen LogP) is 11.2. The molecule has 2 fully saturated rings. The van der Waals surface area contributed by atoms with E-state index in [1.165, 1.54) is 68.9 Å². The molecule has 3 aromatic carbocycles. The molecule has 7 rings (SSSR count). The number of allylic oxidation sites excluding steroid dienone is 1. The Balaban J connectivity index is 0.000000609. The molecule has 0 aromatic heterocycles. The van der Waals surface area contributed by atoms with E-state index < -0.39 is 0 Å². The van der Waals surface area contributed by atoms with Crippen LogP contribution in [0.1, 0.15) is 5.56 Å². The van der Waals surface area contributed by atoms with E-state index in [1.807, 2.05) is 126 Å². The number of benzene rings is 3. The van der Waals surface area contributed by atoms with Crippen molar-refractivity contribution in [2.45, 2.75) is 0 Å². The molecule has 4 aliphatic rings. The van der Waals surface area contributed by atoms with Crippen molar-refractivity contribution in [2.75, 3.05) is 25.0 Å². The van der Waals surface area contributed by atoms with Crippen LogP contribution >= 0.6 is 94.1 Å². The van der Waals surface area contributed by atoms with Gasteiger partial charge in [-0.3, -0.25) is 0 Å². The molecule has 0 N–H and O–H groups in total. The van der Waals surface area contributed by atoms with Gasteiger partial charge >= 0.3 is 17.1 Å². The molecule has 0 unspecified atom stereocenters. The van der Waals surface area contributed by atoms with Crippen LogP contribution in [-0.2, 0) is 17.1 Å². The summed E-state index contributed by atoms with van der Waals surface area (Å²) >= 11 is 15.2. The van der Waals surface area contributed by atoms with Crippen molar-refractivity contribution in [2.24, 2.45) is 0 Å². The third-order valence-electron chi connectivity index (χ3n) is 6.99. The number of hydrogen-bond acceptors (Lipinski definition) is 8. The molecule has 0 amide bonds. The van der Waals surface area contributed by atoms with E-state index >= 15 is 0 Å². The standard InChI is InChI=1S/C31H25S8.C5H5.Fe/c1-32-28-29(33-2)37-26(36-28)24-20-11-7-8-12-21(20)25(27-38-30(34-3)31(35-4)39-27)23-17-19(15-16-22(23)24)14-13-18-9-5-6-10-18;1-2-4-5-3-1;/h5-17H,1-4H3;1-5H;/q;;+2/b14-13+;;. The molecule has 2 aliphatic heterocycles. The SMILES string of the molecule is CSC1=C(SC)SC(=c2c3ccccc3c(=C3SC(SC)=C(SC)S3)c3cc(/C=C/[C]4[CH][CH][CH][CH]4)ccc23)S1.[CH]1[CH][CH][CH][CH]1.[Fe+2]. The molecule has 2 aliphatic carbocycles. The van der Waals surface area contributed by atoms with Gasteiger partial charge in [-0.25, -0.2) is 0 Å². The van der Waals surface area contributed by atoms with Gasteiger partial charge < -0.3 is 0 Å². The van der Waals surface area contributed by atoms with Crippen molar-refractivity contribution in [3.63, 3.8) is 0 Å². The molecule has 2 heterocycles. The predicted molar refractivity (Wildman–Crippen MR) is 217 cm³/mol. The largest absolute Gasteiger partial charge is 2.00 e. The summed E-state index contributed by atoms with van der Waals surface area (Å²) in [4.78, 5) is 0. The van der Waals surface area contributed by atoms with Crippen LogP contribution in [0.15, 0.2) is 65.5 Å². The summed E-state index contributed by atoms with van der Waals surface area (Å²) in [5, 5.41) is 8.10. The number of rotatable bonds is 6. The van der Waals surface area contributed by atoms with E-state index in [2.05, 4.69) is 105 Å². The Kier molecular flexibility index (Phi) is 14.6. The van der Waals surface area contributed by atoms with Gasteiger partial charge in [0.1, 0.15) is 0 Å². The molecule has 228 valence electrons. The van der Waals surface area contributed by atoms with Crippen LogP contribution in [0.2, 0.25) is 0 Å². The van der Waals surface area contributed by atoms with Crippen LogP contribution in [0.4, 0.5) is 0 Å². The summed E-state index contributed by atoms with van der Waals surface area (Å²) in [5.41, 5.74) is 1.23. The van der Waals surface area contributed by atoms with Crippen LogP contribution in [0.3, 0.4) is 0 Å². The Morgan fingerprint density at radius 2 is 0.911 bits per heavy atom. The van der Waals surface area contributed by atoms with Crippen molar-refractivity contribution >= 4 is 130 Å². The van der Waals surface area contributed by atoms with Crippen molar-refractivity contribution in [1.29, 1.82) is 0 Å². The van der Waals surface area contributed by atoms with Crippen LogP contribution in [0.25, 0.3) is 36.1 Å². The summed E-state index contributed by atoms with van der Waals surface area (Å²) in [7, 11) is 0. The fourth-order valence-corrected chi connectivity index (χ4v) is 15.3. The van der Waals surface area contributed by atoms with Gasteiger partial charge in [-0.05, 0) is 116 Å². The molecule has 45 heavy (non-hydrogen) atoms. The maximum atomic E-state index is 2.41. The van der Waals surface area contributed by atoms with E-state index in [0.29, 0.717) is 0 Å². The first-order valence-electron chi connectivity index (χ1n) is 13.8. The van der Waals surface area contributed by atoms with Crippen molar-refractivity contribution < 1.29 is 17.1 Å². The molecule has 2 saturated carbocycles. The molecule has 0 saturated heterocycles. The Morgan fingerprint density at radius 1 is 0.489 bits per heavy atom. The molecular weight excluding hydrogens is 745 g/mol.